The summed E-state index contributed by atoms with van der Waals surface area (Å²) in [5.41, 5.74) is 4.31. The lowest BCUT2D eigenvalue weighted by Crippen LogP contribution is -2.25. The first kappa shape index (κ1) is 16.5. The fraction of sp³-hybridized carbons (Fsp3) is 0.0667. The number of nitrogens with zero attached hydrogens (tertiary/aromatic N) is 1. The third kappa shape index (κ3) is 4.32. The molecule has 0 amide bonds. The Morgan fingerprint density at radius 1 is 1.18 bits per heavy atom. The minimum Gasteiger partial charge on any atom is -0.329 e. The van der Waals surface area contributed by atoms with Gasteiger partial charge in [-0.3, -0.25) is 5.43 Å². The Kier molecular flexibility index (Phi) is 5.57. The highest BCUT2D eigenvalue weighted by Gasteiger charge is 2.06. The molecule has 2 N–H and O–H groups in total. The molecule has 2 aromatic rings. The zero-order valence-corrected chi connectivity index (χ0v) is 13.9. The maximum Gasteiger partial charge on any atom is 0.191 e. The highest BCUT2D eigenvalue weighted by atomic mass is 79.9. The Bertz CT molecular complexity index is 734. The van der Waals surface area contributed by atoms with Gasteiger partial charge in [0, 0.05) is 16.1 Å². The van der Waals surface area contributed by atoms with Gasteiger partial charge in [0.05, 0.1) is 11.4 Å². The predicted octanol–water partition coefficient (Wildman–Crippen LogP) is 4.44. The fourth-order valence-electron chi connectivity index (χ4n) is 1.69. The van der Waals surface area contributed by atoms with Crippen molar-refractivity contribution in [1.82, 2.24) is 5.43 Å². The van der Waals surface area contributed by atoms with E-state index in [9.17, 15) is 8.78 Å². The Morgan fingerprint density at radius 2 is 1.91 bits per heavy atom. The molecule has 0 heterocycles. The monoisotopic (exact) mass is 383 g/mol. The standard InChI is InChI=1S/C15H12BrF2N3S/c1-9(11-4-2-3-5-12(11)16)20-21-15(22)19-14-7-6-10(17)8-13(14)18/h2-8H,1H3,(H2,19,21,22). The lowest BCUT2D eigenvalue weighted by Gasteiger charge is -2.09. The van der Waals surface area contributed by atoms with E-state index in [1.807, 2.05) is 31.2 Å². The number of hydrogen-bond donors (Lipinski definition) is 2. The quantitative estimate of drug-likeness (QED) is 0.467. The zero-order valence-electron chi connectivity index (χ0n) is 11.5. The number of halogens is 3. The lowest BCUT2D eigenvalue weighted by atomic mass is 10.1. The van der Waals surface area contributed by atoms with Gasteiger partial charge in [0.1, 0.15) is 11.6 Å². The van der Waals surface area contributed by atoms with Crippen LogP contribution in [0, 0.1) is 11.6 Å². The van der Waals surface area contributed by atoms with Crippen molar-refractivity contribution in [2.75, 3.05) is 5.32 Å². The minimum absolute atomic E-state index is 0.0765. The second-order valence-electron chi connectivity index (χ2n) is 4.37. The Labute approximate surface area is 140 Å². The summed E-state index contributed by atoms with van der Waals surface area (Å²) in [6, 6.07) is 10.8. The van der Waals surface area contributed by atoms with Crippen molar-refractivity contribution in [1.29, 1.82) is 0 Å². The molecule has 2 rings (SSSR count). The van der Waals surface area contributed by atoms with Crippen LogP contribution in [-0.4, -0.2) is 10.8 Å². The molecule has 2 aromatic carbocycles. The minimum atomic E-state index is -0.726. The molecule has 0 aromatic heterocycles. The molecule has 7 heteroatoms. The van der Waals surface area contributed by atoms with E-state index in [0.717, 1.165) is 22.2 Å². The molecule has 0 unspecified atom stereocenters. The second-order valence-corrected chi connectivity index (χ2v) is 5.63. The van der Waals surface area contributed by atoms with Gasteiger partial charge >= 0.3 is 0 Å². The van der Waals surface area contributed by atoms with Gasteiger partial charge in [-0.1, -0.05) is 34.1 Å². The molecule has 0 atom stereocenters. The Hall–Kier alpha value is -1.86. The molecule has 3 nitrogen and oxygen atoms in total. The van der Waals surface area contributed by atoms with Crippen LogP contribution in [0.3, 0.4) is 0 Å². The van der Waals surface area contributed by atoms with Crippen LogP contribution in [0.15, 0.2) is 52.0 Å². The van der Waals surface area contributed by atoms with E-state index in [2.05, 4.69) is 31.8 Å². The molecule has 114 valence electrons. The molecular weight excluding hydrogens is 372 g/mol. The van der Waals surface area contributed by atoms with E-state index < -0.39 is 11.6 Å². The molecule has 0 saturated carbocycles. The summed E-state index contributed by atoms with van der Waals surface area (Å²) in [6.45, 7) is 1.81. The first-order valence-corrected chi connectivity index (χ1v) is 7.48. The van der Waals surface area contributed by atoms with Gasteiger partial charge in [-0.25, -0.2) is 8.78 Å². The normalized spacial score (nSPS) is 11.2. The molecule has 22 heavy (non-hydrogen) atoms. The third-order valence-electron chi connectivity index (χ3n) is 2.77. The average molecular weight is 384 g/mol. The number of hydrogen-bond acceptors (Lipinski definition) is 2. The summed E-state index contributed by atoms with van der Waals surface area (Å²) in [6.07, 6.45) is 0. The number of anilines is 1. The van der Waals surface area contributed by atoms with Crippen molar-refractivity contribution in [2.45, 2.75) is 6.92 Å². The first-order chi connectivity index (χ1) is 10.5. The van der Waals surface area contributed by atoms with Gasteiger partial charge < -0.3 is 5.32 Å². The van der Waals surface area contributed by atoms with Crippen LogP contribution < -0.4 is 10.7 Å². The van der Waals surface area contributed by atoms with Crippen molar-refractivity contribution < 1.29 is 8.78 Å². The lowest BCUT2D eigenvalue weighted by molar-refractivity contribution is 0.586. The number of hydrazone groups is 1. The van der Waals surface area contributed by atoms with Gasteiger partial charge in [0.15, 0.2) is 5.11 Å². The topological polar surface area (TPSA) is 36.4 Å². The Balaban J connectivity index is 2.03. The van der Waals surface area contributed by atoms with Crippen LogP contribution in [0.2, 0.25) is 0 Å². The first-order valence-electron chi connectivity index (χ1n) is 6.28. The smallest absolute Gasteiger partial charge is 0.191 e. The predicted molar refractivity (Wildman–Crippen MR) is 92.1 cm³/mol. The van der Waals surface area contributed by atoms with Gasteiger partial charge in [0.2, 0.25) is 0 Å². The van der Waals surface area contributed by atoms with Crippen LogP contribution in [-0.2, 0) is 0 Å². The number of nitrogens with one attached hydrogen (secondary N) is 2. The van der Waals surface area contributed by atoms with Gasteiger partial charge in [-0.05, 0) is 37.3 Å². The van der Waals surface area contributed by atoms with Crippen molar-refractivity contribution in [2.24, 2.45) is 5.10 Å². The fourth-order valence-corrected chi connectivity index (χ4v) is 2.42. The van der Waals surface area contributed by atoms with Crippen LogP contribution in [0.4, 0.5) is 14.5 Å². The molecule has 0 aliphatic carbocycles. The number of rotatable bonds is 3. The van der Waals surface area contributed by atoms with Gasteiger partial charge in [0.25, 0.3) is 0 Å². The van der Waals surface area contributed by atoms with Crippen LogP contribution in [0.25, 0.3) is 0 Å². The molecule has 0 aliphatic heterocycles. The van der Waals surface area contributed by atoms with Crippen LogP contribution >= 0.6 is 28.1 Å². The van der Waals surface area contributed by atoms with E-state index in [1.54, 1.807) is 0 Å². The van der Waals surface area contributed by atoms with E-state index in [0.29, 0.717) is 5.71 Å². The summed E-state index contributed by atoms with van der Waals surface area (Å²) < 4.78 is 27.2. The van der Waals surface area contributed by atoms with Crippen molar-refractivity contribution in [3.63, 3.8) is 0 Å². The molecule has 0 aliphatic rings. The third-order valence-corrected chi connectivity index (χ3v) is 3.65. The van der Waals surface area contributed by atoms with E-state index in [1.165, 1.54) is 6.07 Å². The summed E-state index contributed by atoms with van der Waals surface area (Å²) in [5, 5.41) is 6.86. The average Bonchev–Trinajstić information content (AvgIpc) is 2.48. The highest BCUT2D eigenvalue weighted by Crippen LogP contribution is 2.17. The molecule has 0 radical (unpaired) electrons. The second kappa shape index (κ2) is 7.42. The summed E-state index contributed by atoms with van der Waals surface area (Å²) in [7, 11) is 0. The molecule has 0 spiro atoms. The Morgan fingerprint density at radius 3 is 2.59 bits per heavy atom. The van der Waals surface area contributed by atoms with Crippen molar-refractivity contribution in [3.05, 3.63) is 64.1 Å². The van der Waals surface area contributed by atoms with E-state index >= 15 is 0 Å². The number of thiocarbonyl (C=S) groups is 1. The maximum absolute atomic E-state index is 13.5. The molecule has 0 bridgehead atoms. The van der Waals surface area contributed by atoms with Crippen molar-refractivity contribution >= 4 is 44.7 Å². The summed E-state index contributed by atoms with van der Waals surface area (Å²) in [4.78, 5) is 0. The van der Waals surface area contributed by atoms with Gasteiger partial charge in [-0.15, -0.1) is 0 Å². The highest BCUT2D eigenvalue weighted by molar-refractivity contribution is 9.10. The molecular formula is C15H12BrF2N3S. The van der Waals surface area contributed by atoms with Crippen LogP contribution in [0.5, 0.6) is 0 Å². The molecule has 0 fully saturated rings. The van der Waals surface area contributed by atoms with E-state index in [-0.39, 0.29) is 10.8 Å². The molecule has 0 saturated heterocycles. The number of benzene rings is 2. The summed E-state index contributed by atoms with van der Waals surface area (Å²) >= 11 is 8.46. The largest absolute Gasteiger partial charge is 0.329 e. The SMILES string of the molecule is CC(=NNC(=S)Nc1ccc(F)cc1F)c1ccccc1Br. The van der Waals surface area contributed by atoms with Gasteiger partial charge in [-0.2, -0.15) is 5.10 Å². The van der Waals surface area contributed by atoms with E-state index in [4.69, 9.17) is 12.2 Å². The van der Waals surface area contributed by atoms with Crippen molar-refractivity contribution in [3.8, 4) is 0 Å². The van der Waals surface area contributed by atoms with Crippen LogP contribution in [0.1, 0.15) is 12.5 Å². The summed E-state index contributed by atoms with van der Waals surface area (Å²) in [5.74, 6) is -1.37. The maximum atomic E-state index is 13.5. The zero-order chi connectivity index (χ0) is 16.1.